The minimum atomic E-state index is -0.142. The number of allylic oxidation sites excluding steroid dienone is 4. The van der Waals surface area contributed by atoms with Crippen LogP contribution in [0.25, 0.3) is 0 Å². The summed E-state index contributed by atoms with van der Waals surface area (Å²) >= 11 is 0. The van der Waals surface area contributed by atoms with Crippen LogP contribution in [-0.2, 0) is 9.59 Å². The molecule has 142 valence electrons. The summed E-state index contributed by atoms with van der Waals surface area (Å²) in [6.07, 6.45) is 20.4. The molecule has 0 unspecified atom stereocenters. The van der Waals surface area contributed by atoms with Crippen LogP contribution in [0.2, 0.25) is 0 Å². The summed E-state index contributed by atoms with van der Waals surface area (Å²) in [4.78, 5) is 26.3. The van der Waals surface area contributed by atoms with Gasteiger partial charge in [-0.2, -0.15) is 0 Å². The summed E-state index contributed by atoms with van der Waals surface area (Å²) in [6, 6.07) is 0. The Morgan fingerprint density at radius 3 is 1.54 bits per heavy atom. The minimum absolute atomic E-state index is 0.111. The quantitative estimate of drug-likeness (QED) is 0.453. The Bertz CT molecular complexity index is 606. The summed E-state index contributed by atoms with van der Waals surface area (Å²) in [5.74, 6) is 0.960. The van der Waals surface area contributed by atoms with Crippen LogP contribution in [0.15, 0.2) is 22.8 Å². The van der Waals surface area contributed by atoms with Gasteiger partial charge >= 0.3 is 0 Å². The van der Waals surface area contributed by atoms with E-state index in [0.717, 1.165) is 36.8 Å². The van der Waals surface area contributed by atoms with E-state index in [2.05, 4.69) is 6.08 Å². The maximum atomic E-state index is 13.3. The Hall–Kier alpha value is -1.18. The Kier molecular flexibility index (Phi) is 5.76. The normalized spacial score (nSPS) is 27.8. The minimum Gasteiger partial charge on any atom is -0.285 e. The first-order chi connectivity index (χ1) is 12.8. The average Bonchev–Trinajstić information content (AvgIpc) is 2.72. The summed E-state index contributed by atoms with van der Waals surface area (Å²) in [7, 11) is 0. The molecule has 4 aliphatic rings. The molecule has 3 saturated carbocycles. The molecular formula is C24H34O2. The highest BCUT2D eigenvalue weighted by atomic mass is 16.2. The molecule has 0 aromatic carbocycles. The van der Waals surface area contributed by atoms with Crippen LogP contribution in [0.5, 0.6) is 0 Å². The molecule has 0 N–H and O–H groups in total. The Balaban J connectivity index is 1.72. The standard InChI is InChI=1S/C24H34O2/c25-23-21(18-12-6-2-7-13-18)16-20(17-10-4-1-5-11-17)22(24(23)26)19-14-8-3-9-15-19/h16-19H,1-15H2. The second-order valence-electron chi connectivity index (χ2n) is 9.13. The number of carbonyl (C=O) groups excluding carboxylic acids is 2. The van der Waals surface area contributed by atoms with Crippen LogP contribution in [0.1, 0.15) is 96.3 Å². The van der Waals surface area contributed by atoms with Crippen molar-refractivity contribution < 1.29 is 9.59 Å². The molecule has 0 aliphatic heterocycles. The fourth-order valence-corrected chi connectivity index (χ4v) is 5.98. The lowest BCUT2D eigenvalue weighted by molar-refractivity contribution is -0.133. The molecule has 4 aliphatic carbocycles. The van der Waals surface area contributed by atoms with E-state index < -0.39 is 0 Å². The van der Waals surface area contributed by atoms with Crippen molar-refractivity contribution in [1.82, 2.24) is 0 Å². The second kappa shape index (κ2) is 8.23. The number of hydrogen-bond acceptors (Lipinski definition) is 2. The van der Waals surface area contributed by atoms with Crippen molar-refractivity contribution in [3.8, 4) is 0 Å². The highest BCUT2D eigenvalue weighted by Gasteiger charge is 2.39. The average molecular weight is 355 g/mol. The Morgan fingerprint density at radius 2 is 1.00 bits per heavy atom. The van der Waals surface area contributed by atoms with Gasteiger partial charge in [-0.15, -0.1) is 0 Å². The van der Waals surface area contributed by atoms with Crippen LogP contribution < -0.4 is 0 Å². The molecule has 0 spiro atoms. The van der Waals surface area contributed by atoms with Crippen LogP contribution in [-0.4, -0.2) is 11.6 Å². The van der Waals surface area contributed by atoms with Crippen LogP contribution in [0.3, 0.4) is 0 Å². The zero-order valence-corrected chi connectivity index (χ0v) is 16.2. The van der Waals surface area contributed by atoms with Crippen molar-refractivity contribution in [2.24, 2.45) is 17.8 Å². The molecular weight excluding hydrogens is 320 g/mol. The van der Waals surface area contributed by atoms with Crippen LogP contribution >= 0.6 is 0 Å². The fourth-order valence-electron chi connectivity index (χ4n) is 5.98. The van der Waals surface area contributed by atoms with Gasteiger partial charge in [-0.05, 0) is 61.9 Å². The predicted octanol–water partition coefficient (Wildman–Crippen LogP) is 6.10. The first-order valence-corrected chi connectivity index (χ1v) is 11.3. The van der Waals surface area contributed by atoms with E-state index in [0.29, 0.717) is 17.8 Å². The summed E-state index contributed by atoms with van der Waals surface area (Å²) in [5.41, 5.74) is 3.15. The van der Waals surface area contributed by atoms with E-state index >= 15 is 0 Å². The number of rotatable bonds is 3. The maximum absolute atomic E-state index is 13.3. The molecule has 26 heavy (non-hydrogen) atoms. The van der Waals surface area contributed by atoms with Gasteiger partial charge in [0.25, 0.3) is 0 Å². The van der Waals surface area contributed by atoms with Crippen molar-refractivity contribution in [2.45, 2.75) is 96.3 Å². The van der Waals surface area contributed by atoms with Gasteiger partial charge in [0.1, 0.15) is 0 Å². The summed E-state index contributed by atoms with van der Waals surface area (Å²) in [5, 5.41) is 0. The highest BCUT2D eigenvalue weighted by Crippen LogP contribution is 2.43. The first kappa shape index (κ1) is 18.2. The smallest absolute Gasteiger partial charge is 0.229 e. The second-order valence-corrected chi connectivity index (χ2v) is 9.13. The van der Waals surface area contributed by atoms with Crippen molar-refractivity contribution in [2.75, 3.05) is 0 Å². The number of Topliss-reactive ketones (excluding diaryl/α,β-unsaturated/α-hetero) is 2. The molecule has 0 aromatic heterocycles. The van der Waals surface area contributed by atoms with Gasteiger partial charge in [-0.25, -0.2) is 0 Å². The van der Waals surface area contributed by atoms with Gasteiger partial charge in [0.05, 0.1) is 0 Å². The molecule has 0 saturated heterocycles. The summed E-state index contributed by atoms with van der Waals surface area (Å²) in [6.45, 7) is 0. The van der Waals surface area contributed by atoms with E-state index in [1.54, 1.807) is 0 Å². The van der Waals surface area contributed by atoms with Gasteiger partial charge < -0.3 is 0 Å². The molecule has 0 radical (unpaired) electrons. The molecule has 0 atom stereocenters. The predicted molar refractivity (Wildman–Crippen MR) is 105 cm³/mol. The van der Waals surface area contributed by atoms with Gasteiger partial charge in [-0.3, -0.25) is 9.59 Å². The van der Waals surface area contributed by atoms with Gasteiger partial charge in [0.15, 0.2) is 0 Å². The molecule has 0 heterocycles. The molecule has 2 nitrogen and oxygen atoms in total. The molecule has 0 aromatic rings. The maximum Gasteiger partial charge on any atom is 0.229 e. The van der Waals surface area contributed by atoms with Crippen molar-refractivity contribution in [3.05, 3.63) is 22.8 Å². The van der Waals surface area contributed by atoms with Gasteiger partial charge in [-0.1, -0.05) is 63.9 Å². The zero-order chi connectivity index (χ0) is 17.9. The van der Waals surface area contributed by atoms with Crippen molar-refractivity contribution >= 4 is 11.6 Å². The van der Waals surface area contributed by atoms with E-state index in [-0.39, 0.29) is 11.6 Å². The monoisotopic (exact) mass is 354 g/mol. The van der Waals surface area contributed by atoms with E-state index in [4.69, 9.17) is 0 Å². The lowest BCUT2D eigenvalue weighted by Gasteiger charge is -2.34. The Labute approximate surface area is 158 Å². The van der Waals surface area contributed by atoms with Gasteiger partial charge in [0.2, 0.25) is 11.6 Å². The largest absolute Gasteiger partial charge is 0.285 e. The van der Waals surface area contributed by atoms with Crippen molar-refractivity contribution in [3.63, 3.8) is 0 Å². The third-order valence-corrected chi connectivity index (χ3v) is 7.44. The van der Waals surface area contributed by atoms with E-state index in [1.807, 2.05) is 0 Å². The van der Waals surface area contributed by atoms with Gasteiger partial charge in [0, 0.05) is 11.1 Å². The zero-order valence-electron chi connectivity index (χ0n) is 16.2. The Morgan fingerprint density at radius 1 is 0.538 bits per heavy atom. The molecule has 0 bridgehead atoms. The van der Waals surface area contributed by atoms with Crippen molar-refractivity contribution in [1.29, 1.82) is 0 Å². The molecule has 3 fully saturated rings. The van der Waals surface area contributed by atoms with Crippen LogP contribution in [0.4, 0.5) is 0 Å². The summed E-state index contributed by atoms with van der Waals surface area (Å²) < 4.78 is 0. The topological polar surface area (TPSA) is 34.1 Å². The molecule has 0 amide bonds. The number of carbonyl (C=O) groups is 2. The van der Waals surface area contributed by atoms with Crippen LogP contribution in [0, 0.1) is 17.8 Å². The third-order valence-electron chi connectivity index (χ3n) is 7.44. The highest BCUT2D eigenvalue weighted by molar-refractivity contribution is 6.50. The lowest BCUT2D eigenvalue weighted by atomic mass is 9.68. The SMILES string of the molecule is O=C1C(=O)C(C2CCCCC2)=C(C2CCCCC2)C=C1C1CCCCC1. The third kappa shape index (κ3) is 3.62. The van der Waals surface area contributed by atoms with E-state index in [9.17, 15) is 9.59 Å². The molecule has 4 rings (SSSR count). The van der Waals surface area contributed by atoms with E-state index in [1.165, 1.54) is 76.2 Å². The fraction of sp³-hybridized carbons (Fsp3) is 0.750. The number of ketones is 2. The lowest BCUT2D eigenvalue weighted by Crippen LogP contribution is -2.33. The number of hydrogen-bond donors (Lipinski definition) is 0. The first-order valence-electron chi connectivity index (χ1n) is 11.3. The molecule has 2 heteroatoms.